The molecule has 1 aliphatic rings. The second-order valence-electron chi connectivity index (χ2n) is 4.57. The van der Waals surface area contributed by atoms with Gasteiger partial charge in [0.1, 0.15) is 0 Å². The molecule has 0 saturated heterocycles. The first kappa shape index (κ1) is 12.2. The molecule has 1 saturated carbocycles. The predicted molar refractivity (Wildman–Crippen MR) is 65.5 cm³/mol. The topological polar surface area (TPSA) is 45.5 Å². The molecule has 0 unspecified atom stereocenters. The van der Waals surface area contributed by atoms with Crippen LogP contribution in [0.15, 0.2) is 24.5 Å². The lowest BCUT2D eigenvalue weighted by molar-refractivity contribution is -0.132. The Bertz CT molecular complexity index is 344. The van der Waals surface area contributed by atoms with Gasteiger partial charge in [-0.05, 0) is 31.4 Å². The third-order valence-electron chi connectivity index (χ3n) is 3.12. The third-order valence-corrected chi connectivity index (χ3v) is 3.12. The molecule has 0 aromatic carbocycles. The van der Waals surface area contributed by atoms with Gasteiger partial charge in [-0.25, -0.2) is 0 Å². The lowest BCUT2D eigenvalue weighted by atomic mass is 10.2. The second kappa shape index (κ2) is 5.87. The largest absolute Gasteiger partial charge is 0.395 e. The van der Waals surface area contributed by atoms with Crippen LogP contribution in [0.2, 0.25) is 0 Å². The Labute approximate surface area is 102 Å². The van der Waals surface area contributed by atoms with Gasteiger partial charge in [-0.3, -0.25) is 4.79 Å². The monoisotopic (exact) mass is 236 g/mol. The van der Waals surface area contributed by atoms with Crippen LogP contribution in [0.1, 0.15) is 25.7 Å². The van der Waals surface area contributed by atoms with Gasteiger partial charge in [0, 0.05) is 37.9 Å². The Hall–Kier alpha value is -1.29. The van der Waals surface area contributed by atoms with E-state index in [9.17, 15) is 4.79 Å². The third kappa shape index (κ3) is 3.60. The maximum absolute atomic E-state index is 11.9. The molecule has 4 nitrogen and oxygen atoms in total. The fourth-order valence-electron chi connectivity index (χ4n) is 2.08. The molecule has 0 radical (unpaired) electrons. The molecule has 1 N–H and O–H groups in total. The van der Waals surface area contributed by atoms with Crippen LogP contribution >= 0.6 is 0 Å². The lowest BCUT2D eigenvalue weighted by Gasteiger charge is -2.21. The number of aromatic nitrogens is 1. The smallest absolute Gasteiger partial charge is 0.222 e. The van der Waals surface area contributed by atoms with Crippen LogP contribution in [0.3, 0.4) is 0 Å². The van der Waals surface area contributed by atoms with Crippen molar-refractivity contribution in [3.63, 3.8) is 0 Å². The minimum absolute atomic E-state index is 0.0693. The normalized spacial score (nSPS) is 14.9. The van der Waals surface area contributed by atoms with E-state index in [1.807, 2.05) is 29.4 Å². The van der Waals surface area contributed by atoms with E-state index >= 15 is 0 Å². The summed E-state index contributed by atoms with van der Waals surface area (Å²) in [5.41, 5.74) is 0. The fraction of sp³-hybridized carbons (Fsp3) is 0.615. The summed E-state index contributed by atoms with van der Waals surface area (Å²) < 4.78 is 2.08. The van der Waals surface area contributed by atoms with Crippen LogP contribution in [0.5, 0.6) is 0 Å². The van der Waals surface area contributed by atoms with Gasteiger partial charge < -0.3 is 14.6 Å². The van der Waals surface area contributed by atoms with Crippen molar-refractivity contribution >= 4 is 5.91 Å². The maximum atomic E-state index is 11.9. The summed E-state index contributed by atoms with van der Waals surface area (Å²) in [4.78, 5) is 13.8. The first-order valence-electron chi connectivity index (χ1n) is 6.32. The van der Waals surface area contributed by atoms with Crippen LogP contribution in [-0.4, -0.2) is 39.7 Å². The van der Waals surface area contributed by atoms with E-state index in [4.69, 9.17) is 5.11 Å². The highest BCUT2D eigenvalue weighted by Crippen LogP contribution is 2.27. The molecule has 1 fully saturated rings. The van der Waals surface area contributed by atoms with Gasteiger partial charge >= 0.3 is 0 Å². The lowest BCUT2D eigenvalue weighted by Crippen LogP contribution is -2.35. The van der Waals surface area contributed by atoms with Crippen LogP contribution in [0.4, 0.5) is 0 Å². The van der Waals surface area contributed by atoms with E-state index < -0.39 is 0 Å². The number of aliphatic hydroxyl groups excluding tert-OH is 1. The second-order valence-corrected chi connectivity index (χ2v) is 4.57. The van der Waals surface area contributed by atoms with Gasteiger partial charge in [0.05, 0.1) is 6.61 Å². The Balaban J connectivity index is 1.71. The van der Waals surface area contributed by atoms with Gasteiger partial charge in [-0.1, -0.05) is 0 Å². The van der Waals surface area contributed by atoms with Gasteiger partial charge in [0.2, 0.25) is 5.91 Å². The minimum Gasteiger partial charge on any atom is -0.395 e. The Morgan fingerprint density at radius 3 is 2.65 bits per heavy atom. The Morgan fingerprint density at radius 2 is 2.06 bits per heavy atom. The first-order chi connectivity index (χ1) is 8.31. The molecule has 1 amide bonds. The van der Waals surface area contributed by atoms with Gasteiger partial charge in [0.25, 0.3) is 0 Å². The minimum atomic E-state index is 0.0693. The van der Waals surface area contributed by atoms with Crippen molar-refractivity contribution in [2.24, 2.45) is 0 Å². The SMILES string of the molecule is O=C(CCCn1cccc1)N(CCO)C1CC1. The molecule has 1 aromatic rings. The highest BCUT2D eigenvalue weighted by Gasteiger charge is 2.31. The Kier molecular flexibility index (Phi) is 4.20. The highest BCUT2D eigenvalue weighted by molar-refractivity contribution is 5.76. The summed E-state index contributed by atoms with van der Waals surface area (Å²) in [6, 6.07) is 4.38. The van der Waals surface area contributed by atoms with Crippen LogP contribution in [0, 0.1) is 0 Å². The Morgan fingerprint density at radius 1 is 1.35 bits per heavy atom. The number of carbonyl (C=O) groups is 1. The highest BCUT2D eigenvalue weighted by atomic mass is 16.3. The van der Waals surface area contributed by atoms with Crippen molar-refractivity contribution in [1.82, 2.24) is 9.47 Å². The molecule has 1 heterocycles. The molecule has 0 atom stereocenters. The number of rotatable bonds is 7. The van der Waals surface area contributed by atoms with E-state index in [1.54, 1.807) is 0 Å². The van der Waals surface area contributed by atoms with Crippen LogP contribution < -0.4 is 0 Å². The molecule has 94 valence electrons. The van der Waals surface area contributed by atoms with E-state index in [0.717, 1.165) is 25.8 Å². The van der Waals surface area contributed by atoms with Gasteiger partial charge in [0.15, 0.2) is 0 Å². The average molecular weight is 236 g/mol. The van der Waals surface area contributed by atoms with E-state index in [2.05, 4.69) is 4.57 Å². The average Bonchev–Trinajstić information content (AvgIpc) is 3.03. The molecule has 2 rings (SSSR count). The number of amides is 1. The quantitative estimate of drug-likeness (QED) is 0.774. The number of hydrogen-bond acceptors (Lipinski definition) is 2. The molecule has 1 aromatic heterocycles. The standard InChI is InChI=1S/C13H20N2O2/c16-11-10-15(12-5-6-12)13(17)4-3-9-14-7-1-2-8-14/h1-2,7-8,12,16H,3-6,9-11H2. The first-order valence-corrected chi connectivity index (χ1v) is 6.32. The summed E-state index contributed by atoms with van der Waals surface area (Å²) in [7, 11) is 0. The van der Waals surface area contributed by atoms with E-state index in [0.29, 0.717) is 19.0 Å². The summed E-state index contributed by atoms with van der Waals surface area (Å²) in [6.45, 7) is 1.45. The fourth-order valence-corrected chi connectivity index (χ4v) is 2.08. The van der Waals surface area contributed by atoms with Crippen molar-refractivity contribution in [2.45, 2.75) is 38.3 Å². The van der Waals surface area contributed by atoms with Gasteiger partial charge in [-0.2, -0.15) is 0 Å². The number of nitrogens with zero attached hydrogens (tertiary/aromatic N) is 2. The van der Waals surface area contributed by atoms with Crippen molar-refractivity contribution in [1.29, 1.82) is 0 Å². The molecule has 1 aliphatic carbocycles. The van der Waals surface area contributed by atoms with Crippen molar-refractivity contribution in [3.8, 4) is 0 Å². The predicted octanol–water partition coefficient (Wildman–Crippen LogP) is 1.25. The molecule has 0 bridgehead atoms. The summed E-state index contributed by atoms with van der Waals surface area (Å²) in [5.74, 6) is 0.189. The number of carbonyl (C=O) groups excluding carboxylic acids is 1. The molecule has 17 heavy (non-hydrogen) atoms. The van der Waals surface area contributed by atoms with E-state index in [1.165, 1.54) is 0 Å². The van der Waals surface area contributed by atoms with Crippen LogP contribution in [-0.2, 0) is 11.3 Å². The summed E-state index contributed by atoms with van der Waals surface area (Å²) >= 11 is 0. The van der Waals surface area contributed by atoms with Crippen molar-refractivity contribution < 1.29 is 9.90 Å². The van der Waals surface area contributed by atoms with Crippen LogP contribution in [0.25, 0.3) is 0 Å². The zero-order chi connectivity index (χ0) is 12.1. The molecule has 4 heteroatoms. The summed E-state index contributed by atoms with van der Waals surface area (Å²) in [6.07, 6.45) is 7.66. The number of aliphatic hydroxyl groups is 1. The maximum Gasteiger partial charge on any atom is 0.222 e. The zero-order valence-electron chi connectivity index (χ0n) is 10.1. The van der Waals surface area contributed by atoms with Crippen molar-refractivity contribution in [3.05, 3.63) is 24.5 Å². The molecular formula is C13H20N2O2. The zero-order valence-corrected chi connectivity index (χ0v) is 10.1. The molecule has 0 aliphatic heterocycles. The summed E-state index contributed by atoms with van der Waals surface area (Å²) in [5, 5.41) is 8.94. The van der Waals surface area contributed by atoms with E-state index in [-0.39, 0.29) is 12.5 Å². The number of aryl methyl sites for hydroxylation is 1. The van der Waals surface area contributed by atoms with Gasteiger partial charge in [-0.15, -0.1) is 0 Å². The molecule has 0 spiro atoms. The molecular weight excluding hydrogens is 216 g/mol. The van der Waals surface area contributed by atoms with Crippen molar-refractivity contribution in [2.75, 3.05) is 13.2 Å². The number of hydrogen-bond donors (Lipinski definition) is 1.